The normalized spacial score (nSPS) is 17.3. The van der Waals surface area contributed by atoms with Gasteiger partial charge in [0.25, 0.3) is 11.7 Å². The van der Waals surface area contributed by atoms with Crippen molar-refractivity contribution in [2.24, 2.45) is 0 Å². The summed E-state index contributed by atoms with van der Waals surface area (Å²) < 4.78 is 6.21. The van der Waals surface area contributed by atoms with Crippen LogP contribution < -0.4 is 4.74 Å². The predicted molar refractivity (Wildman–Crippen MR) is 138 cm³/mol. The lowest BCUT2D eigenvalue weighted by molar-refractivity contribution is -0.139. The van der Waals surface area contributed by atoms with Gasteiger partial charge in [-0.1, -0.05) is 58.4 Å². The lowest BCUT2D eigenvalue weighted by atomic mass is 9.95. The quantitative estimate of drug-likeness (QED) is 0.193. The Morgan fingerprint density at radius 3 is 2.51 bits per heavy atom. The average molecular weight is 531 g/mol. The summed E-state index contributed by atoms with van der Waals surface area (Å²) in [5, 5.41) is 12.2. The Balaban J connectivity index is 1.54. The molecule has 0 spiro atoms. The zero-order chi connectivity index (χ0) is 24.5. The topological polar surface area (TPSA) is 82.6 Å². The van der Waals surface area contributed by atoms with Crippen LogP contribution in [0, 0.1) is 0 Å². The Labute approximate surface area is 211 Å². The molecular formula is C28H23BrN2O4. The van der Waals surface area contributed by atoms with E-state index in [-0.39, 0.29) is 11.3 Å². The van der Waals surface area contributed by atoms with E-state index in [0.29, 0.717) is 18.5 Å². The van der Waals surface area contributed by atoms with E-state index < -0.39 is 17.7 Å². The smallest absolute Gasteiger partial charge is 0.295 e. The van der Waals surface area contributed by atoms with Crippen molar-refractivity contribution in [2.75, 3.05) is 13.7 Å². The number of aliphatic hydroxyl groups excluding tert-OH is 1. The molecule has 7 heteroatoms. The number of benzene rings is 3. The molecule has 1 atom stereocenters. The summed E-state index contributed by atoms with van der Waals surface area (Å²) in [6.45, 7) is 0.311. The summed E-state index contributed by atoms with van der Waals surface area (Å²) in [5.74, 6) is -0.726. The second-order valence-electron chi connectivity index (χ2n) is 8.39. The predicted octanol–water partition coefficient (Wildman–Crippen LogP) is 5.60. The number of methoxy groups -OCH3 is 1. The van der Waals surface area contributed by atoms with Gasteiger partial charge in [-0.25, -0.2) is 0 Å². The summed E-state index contributed by atoms with van der Waals surface area (Å²) in [4.78, 5) is 31.2. The van der Waals surface area contributed by atoms with Crippen LogP contribution >= 0.6 is 15.9 Å². The molecule has 2 N–H and O–H groups in total. The number of hydrogen-bond donors (Lipinski definition) is 2. The number of ether oxygens (including phenoxy) is 1. The number of carbonyl (C=O) groups excluding carboxylic acids is 2. The number of likely N-dealkylation sites (tertiary alicyclic amines) is 1. The van der Waals surface area contributed by atoms with E-state index in [1.165, 1.54) is 0 Å². The number of ketones is 1. The van der Waals surface area contributed by atoms with Gasteiger partial charge in [0.2, 0.25) is 0 Å². The molecule has 1 amide bonds. The van der Waals surface area contributed by atoms with E-state index in [0.717, 1.165) is 32.3 Å². The molecule has 1 saturated heterocycles. The number of aromatic nitrogens is 1. The van der Waals surface area contributed by atoms with Crippen LogP contribution in [0.1, 0.15) is 22.7 Å². The van der Waals surface area contributed by atoms with Crippen molar-refractivity contribution in [2.45, 2.75) is 12.5 Å². The maximum atomic E-state index is 13.2. The van der Waals surface area contributed by atoms with Crippen LogP contribution in [0.3, 0.4) is 0 Å². The van der Waals surface area contributed by atoms with E-state index in [1.807, 2.05) is 54.7 Å². The largest absolute Gasteiger partial charge is 0.507 e. The van der Waals surface area contributed by atoms with E-state index in [2.05, 4.69) is 20.9 Å². The maximum Gasteiger partial charge on any atom is 0.295 e. The molecule has 0 saturated carbocycles. The highest BCUT2D eigenvalue weighted by Crippen LogP contribution is 2.39. The maximum absolute atomic E-state index is 13.2. The molecule has 0 aliphatic carbocycles. The summed E-state index contributed by atoms with van der Waals surface area (Å²) in [6.07, 6.45) is 2.45. The van der Waals surface area contributed by atoms with Crippen molar-refractivity contribution in [3.05, 3.63) is 106 Å². The van der Waals surface area contributed by atoms with Crippen molar-refractivity contribution >= 4 is 44.3 Å². The first-order chi connectivity index (χ1) is 17.0. The minimum atomic E-state index is -0.681. The second kappa shape index (κ2) is 9.43. The zero-order valence-corrected chi connectivity index (χ0v) is 20.6. The van der Waals surface area contributed by atoms with Gasteiger partial charge in [-0.3, -0.25) is 9.59 Å². The molecule has 1 aliphatic heterocycles. The number of aromatic amines is 1. The Morgan fingerprint density at radius 1 is 1.06 bits per heavy atom. The molecule has 6 nitrogen and oxygen atoms in total. The lowest BCUT2D eigenvalue weighted by Crippen LogP contribution is -2.31. The van der Waals surface area contributed by atoms with Gasteiger partial charge in [0.05, 0.1) is 18.7 Å². The van der Waals surface area contributed by atoms with Crippen LogP contribution in [0.5, 0.6) is 5.75 Å². The number of carbonyl (C=O) groups is 2. The molecule has 1 aliphatic rings. The standard InChI is InChI=1S/C28H23BrN2O4/c1-35-21-11-12-23-22(15-21)19(16-30-23)13-14-31-25(17-5-3-2-4-6-17)24(27(33)28(31)34)26(32)18-7-9-20(29)10-8-18/h2-12,15-16,25,30,32H,13-14H2,1H3/t25-/m0/s1. The molecule has 1 aromatic heterocycles. The fraction of sp³-hybridized carbons (Fsp3) is 0.143. The number of halogens is 1. The van der Waals surface area contributed by atoms with E-state index in [1.54, 1.807) is 36.3 Å². The van der Waals surface area contributed by atoms with Crippen molar-refractivity contribution in [1.29, 1.82) is 0 Å². The highest BCUT2D eigenvalue weighted by atomic mass is 79.9. The Bertz CT molecular complexity index is 1440. The number of hydrogen-bond acceptors (Lipinski definition) is 4. The van der Waals surface area contributed by atoms with Gasteiger partial charge in [-0.2, -0.15) is 0 Å². The molecule has 0 unspecified atom stereocenters. The summed E-state index contributed by atoms with van der Waals surface area (Å²) >= 11 is 3.39. The van der Waals surface area contributed by atoms with E-state index in [4.69, 9.17) is 4.74 Å². The van der Waals surface area contributed by atoms with Crippen LogP contribution in [-0.2, 0) is 16.0 Å². The molecule has 4 aromatic rings. The highest BCUT2D eigenvalue weighted by Gasteiger charge is 2.45. The first-order valence-electron chi connectivity index (χ1n) is 11.2. The Hall–Kier alpha value is -3.84. The lowest BCUT2D eigenvalue weighted by Gasteiger charge is -2.25. The number of aliphatic hydroxyl groups is 1. The molecule has 176 valence electrons. The number of H-pyrrole nitrogens is 1. The molecule has 0 bridgehead atoms. The molecule has 3 aromatic carbocycles. The first kappa shape index (κ1) is 22.9. The van der Waals surface area contributed by atoms with E-state index in [9.17, 15) is 14.7 Å². The highest BCUT2D eigenvalue weighted by molar-refractivity contribution is 9.10. The van der Waals surface area contributed by atoms with Crippen LogP contribution in [0.25, 0.3) is 16.7 Å². The molecule has 0 radical (unpaired) electrons. The average Bonchev–Trinajstić information content (AvgIpc) is 3.40. The van der Waals surface area contributed by atoms with Crippen LogP contribution in [0.2, 0.25) is 0 Å². The summed E-state index contributed by atoms with van der Waals surface area (Å²) in [5.41, 5.74) is 3.34. The minimum Gasteiger partial charge on any atom is -0.507 e. The number of Topliss-reactive ketones (excluding diaryl/α,β-unsaturated/α-hetero) is 1. The van der Waals surface area contributed by atoms with Gasteiger partial charge in [0, 0.05) is 33.7 Å². The van der Waals surface area contributed by atoms with Gasteiger partial charge < -0.3 is 19.7 Å². The SMILES string of the molecule is COc1ccc2[nH]cc(CCN3C(=O)C(=O)C(=C(O)c4ccc(Br)cc4)[C@@H]3c3ccccc3)c2c1. The first-order valence-corrected chi connectivity index (χ1v) is 12.0. The number of rotatable bonds is 6. The zero-order valence-electron chi connectivity index (χ0n) is 19.0. The molecule has 35 heavy (non-hydrogen) atoms. The van der Waals surface area contributed by atoms with Gasteiger partial charge in [0.15, 0.2) is 0 Å². The number of nitrogens with zero attached hydrogens (tertiary/aromatic N) is 1. The summed E-state index contributed by atoms with van der Waals surface area (Å²) in [6, 6.07) is 21.5. The number of amides is 1. The van der Waals surface area contributed by atoms with Gasteiger partial charge in [-0.15, -0.1) is 0 Å². The molecule has 2 heterocycles. The molecule has 1 fully saturated rings. The van der Waals surface area contributed by atoms with Gasteiger partial charge >= 0.3 is 0 Å². The van der Waals surface area contributed by atoms with Gasteiger partial charge in [0.1, 0.15) is 11.5 Å². The van der Waals surface area contributed by atoms with Crippen molar-refractivity contribution in [3.63, 3.8) is 0 Å². The molecular weight excluding hydrogens is 508 g/mol. The van der Waals surface area contributed by atoms with E-state index >= 15 is 0 Å². The second-order valence-corrected chi connectivity index (χ2v) is 9.30. The third-order valence-electron chi connectivity index (χ3n) is 6.37. The molecule has 5 rings (SSSR count). The van der Waals surface area contributed by atoms with Crippen molar-refractivity contribution < 1.29 is 19.4 Å². The number of nitrogens with one attached hydrogen (secondary N) is 1. The fourth-order valence-corrected chi connectivity index (χ4v) is 4.85. The summed E-state index contributed by atoms with van der Waals surface area (Å²) in [7, 11) is 1.62. The fourth-order valence-electron chi connectivity index (χ4n) is 4.59. The third kappa shape index (κ3) is 4.23. The van der Waals surface area contributed by atoms with Crippen LogP contribution in [-0.4, -0.2) is 40.3 Å². The van der Waals surface area contributed by atoms with Crippen molar-refractivity contribution in [3.8, 4) is 5.75 Å². The van der Waals surface area contributed by atoms with Gasteiger partial charge in [-0.05, 0) is 47.9 Å². The van der Waals surface area contributed by atoms with Crippen molar-refractivity contribution in [1.82, 2.24) is 9.88 Å². The van der Waals surface area contributed by atoms with Crippen LogP contribution in [0.15, 0.2) is 89.0 Å². The minimum absolute atomic E-state index is 0.101. The Kier molecular flexibility index (Phi) is 6.17. The van der Waals surface area contributed by atoms with Crippen LogP contribution in [0.4, 0.5) is 0 Å². The third-order valence-corrected chi connectivity index (χ3v) is 6.90. The monoisotopic (exact) mass is 530 g/mol. The Morgan fingerprint density at radius 2 is 1.80 bits per heavy atom. The number of fused-ring (bicyclic) bond motifs is 1.